The zero-order chi connectivity index (χ0) is 28.4. The average Bonchev–Trinajstić information content (AvgIpc) is 3.38. The van der Waals surface area contributed by atoms with Gasteiger partial charge in [-0.2, -0.15) is 10.1 Å². The normalized spacial score (nSPS) is 14.4. The molecule has 0 radical (unpaired) electrons. The average molecular weight is 606 g/mol. The van der Waals surface area contributed by atoms with Crippen LogP contribution in [0.15, 0.2) is 76.7 Å². The van der Waals surface area contributed by atoms with E-state index in [1.54, 1.807) is 22.9 Å². The van der Waals surface area contributed by atoms with Crippen molar-refractivity contribution in [1.29, 1.82) is 0 Å². The van der Waals surface area contributed by atoms with Crippen LogP contribution >= 0.6 is 15.9 Å². The highest BCUT2D eigenvalue weighted by Gasteiger charge is 2.34. The maximum atomic E-state index is 14.2. The fourth-order valence-corrected chi connectivity index (χ4v) is 5.33. The third-order valence-electron chi connectivity index (χ3n) is 6.65. The van der Waals surface area contributed by atoms with E-state index >= 15 is 0 Å². The highest BCUT2D eigenvalue weighted by atomic mass is 79.9. The van der Waals surface area contributed by atoms with Gasteiger partial charge in [0.25, 0.3) is 5.91 Å². The molecule has 0 spiro atoms. The predicted molar refractivity (Wildman–Crippen MR) is 155 cm³/mol. The Morgan fingerprint density at radius 1 is 1.12 bits per heavy atom. The highest BCUT2D eigenvalue weighted by Crippen LogP contribution is 2.43. The van der Waals surface area contributed by atoms with E-state index in [0.29, 0.717) is 45.4 Å². The van der Waals surface area contributed by atoms with Crippen LogP contribution in [0.5, 0.6) is 11.5 Å². The van der Waals surface area contributed by atoms with Gasteiger partial charge in [0.15, 0.2) is 11.5 Å². The van der Waals surface area contributed by atoms with Crippen LogP contribution in [-0.4, -0.2) is 27.3 Å². The number of nitrogens with one attached hydrogen (secondary N) is 2. The van der Waals surface area contributed by atoms with Crippen molar-refractivity contribution >= 4 is 33.5 Å². The van der Waals surface area contributed by atoms with Gasteiger partial charge in [-0.25, -0.2) is 9.07 Å². The summed E-state index contributed by atoms with van der Waals surface area (Å²) in [5, 5.41) is 10.7. The Morgan fingerprint density at radius 3 is 2.67 bits per heavy atom. The van der Waals surface area contributed by atoms with Crippen LogP contribution in [0, 0.1) is 19.7 Å². The Hall–Kier alpha value is -4.18. The summed E-state index contributed by atoms with van der Waals surface area (Å²) in [7, 11) is 0. The number of carbonyl (C=O) groups is 1. The molecule has 0 fully saturated rings. The molecule has 1 amide bonds. The van der Waals surface area contributed by atoms with Crippen molar-refractivity contribution in [3.8, 4) is 11.5 Å². The van der Waals surface area contributed by atoms with Crippen LogP contribution < -0.4 is 20.1 Å². The van der Waals surface area contributed by atoms with Crippen molar-refractivity contribution in [1.82, 2.24) is 14.8 Å². The van der Waals surface area contributed by atoms with E-state index in [2.05, 4.69) is 36.6 Å². The van der Waals surface area contributed by atoms with E-state index in [4.69, 9.17) is 9.47 Å². The number of allylic oxidation sites excluding steroid dienone is 1. The summed E-state index contributed by atoms with van der Waals surface area (Å²) < 4.78 is 28.5. The Morgan fingerprint density at radius 2 is 1.93 bits per heavy atom. The second kappa shape index (κ2) is 11.5. The lowest BCUT2D eigenvalue weighted by atomic mass is 9.94. The minimum absolute atomic E-state index is 0.0217. The summed E-state index contributed by atoms with van der Waals surface area (Å²) in [6.45, 7) is 8.08. The first kappa shape index (κ1) is 27.4. The summed E-state index contributed by atoms with van der Waals surface area (Å²) in [6, 6.07) is 15.4. The molecule has 4 aromatic rings. The van der Waals surface area contributed by atoms with Gasteiger partial charge in [-0.1, -0.05) is 35.9 Å². The van der Waals surface area contributed by atoms with E-state index in [1.807, 2.05) is 58.0 Å². The number of anilines is 2. The van der Waals surface area contributed by atoms with Crippen molar-refractivity contribution in [3.05, 3.63) is 105 Å². The molecule has 5 rings (SSSR count). The van der Waals surface area contributed by atoms with Crippen LogP contribution in [-0.2, 0) is 11.4 Å². The van der Waals surface area contributed by atoms with Crippen LogP contribution in [0.3, 0.4) is 0 Å². The Bertz CT molecular complexity index is 1620. The molecule has 0 saturated carbocycles. The third kappa shape index (κ3) is 5.44. The molecule has 1 unspecified atom stereocenters. The van der Waals surface area contributed by atoms with Gasteiger partial charge in [0.2, 0.25) is 5.95 Å². The van der Waals surface area contributed by atoms with Gasteiger partial charge in [0.05, 0.1) is 16.7 Å². The quantitative estimate of drug-likeness (QED) is 0.232. The number of aryl methyl sites for hydroxylation is 2. The van der Waals surface area contributed by atoms with Crippen molar-refractivity contribution in [2.45, 2.75) is 40.3 Å². The molecule has 0 bridgehead atoms. The Labute approximate surface area is 240 Å². The SMILES string of the molecule is CCOc1cc(C2C(C(=O)Nc3ccc(C)cc3C)=C(C)Nc3ncnn32)cc(Br)c1OCc1ccccc1F. The van der Waals surface area contributed by atoms with E-state index in [1.165, 1.54) is 12.4 Å². The first-order valence-electron chi connectivity index (χ1n) is 12.8. The second-order valence-corrected chi connectivity index (χ2v) is 10.4. The van der Waals surface area contributed by atoms with E-state index < -0.39 is 6.04 Å². The number of carbonyl (C=O) groups excluding carboxylic acids is 1. The molecule has 10 heteroatoms. The van der Waals surface area contributed by atoms with E-state index in [0.717, 1.165) is 22.4 Å². The molecule has 1 atom stereocenters. The number of ether oxygens (including phenoxy) is 2. The number of nitrogens with zero attached hydrogens (tertiary/aromatic N) is 3. The topological polar surface area (TPSA) is 90.3 Å². The Kier molecular flexibility index (Phi) is 7.88. The van der Waals surface area contributed by atoms with Gasteiger partial charge in [-0.3, -0.25) is 4.79 Å². The number of hydrogen-bond acceptors (Lipinski definition) is 6. The van der Waals surface area contributed by atoms with Gasteiger partial charge in [-0.05, 0) is 79.0 Å². The molecule has 206 valence electrons. The molecule has 40 heavy (non-hydrogen) atoms. The lowest BCUT2D eigenvalue weighted by Crippen LogP contribution is -2.31. The smallest absolute Gasteiger partial charge is 0.255 e. The fourth-order valence-electron chi connectivity index (χ4n) is 4.75. The van der Waals surface area contributed by atoms with Crippen LogP contribution in [0.25, 0.3) is 0 Å². The first-order chi connectivity index (χ1) is 19.3. The van der Waals surface area contributed by atoms with Crippen molar-refractivity contribution in [2.75, 3.05) is 17.2 Å². The molecular formula is C30H29BrFN5O3. The van der Waals surface area contributed by atoms with Crippen LogP contribution in [0.2, 0.25) is 0 Å². The van der Waals surface area contributed by atoms with Crippen molar-refractivity contribution < 1.29 is 18.7 Å². The van der Waals surface area contributed by atoms with Crippen LogP contribution in [0.1, 0.15) is 42.1 Å². The number of fused-ring (bicyclic) bond motifs is 1. The maximum Gasteiger partial charge on any atom is 0.255 e. The zero-order valence-corrected chi connectivity index (χ0v) is 24.2. The molecule has 1 aliphatic heterocycles. The molecule has 0 saturated heterocycles. The molecule has 2 heterocycles. The van der Waals surface area contributed by atoms with E-state index in [-0.39, 0.29) is 18.3 Å². The number of aromatic nitrogens is 3. The summed E-state index contributed by atoms with van der Waals surface area (Å²) in [6.07, 6.45) is 1.44. The molecule has 8 nitrogen and oxygen atoms in total. The van der Waals surface area contributed by atoms with Gasteiger partial charge in [0.1, 0.15) is 24.8 Å². The fraction of sp³-hybridized carbons (Fsp3) is 0.233. The predicted octanol–water partition coefficient (Wildman–Crippen LogP) is 6.70. The minimum Gasteiger partial charge on any atom is -0.490 e. The van der Waals surface area contributed by atoms with Gasteiger partial charge in [-0.15, -0.1) is 0 Å². The molecule has 1 aromatic heterocycles. The lowest BCUT2D eigenvalue weighted by molar-refractivity contribution is -0.113. The second-order valence-electron chi connectivity index (χ2n) is 9.51. The monoisotopic (exact) mass is 605 g/mol. The maximum absolute atomic E-state index is 14.2. The van der Waals surface area contributed by atoms with Crippen molar-refractivity contribution in [3.63, 3.8) is 0 Å². The molecular weight excluding hydrogens is 577 g/mol. The number of rotatable bonds is 8. The van der Waals surface area contributed by atoms with Gasteiger partial charge < -0.3 is 20.1 Å². The molecule has 3 aromatic carbocycles. The number of amides is 1. The number of halogens is 2. The van der Waals surface area contributed by atoms with E-state index in [9.17, 15) is 9.18 Å². The summed E-state index contributed by atoms with van der Waals surface area (Å²) >= 11 is 3.62. The molecule has 0 aliphatic carbocycles. The minimum atomic E-state index is -0.611. The molecule has 1 aliphatic rings. The van der Waals surface area contributed by atoms with Gasteiger partial charge in [0, 0.05) is 16.9 Å². The largest absolute Gasteiger partial charge is 0.490 e. The number of benzene rings is 3. The zero-order valence-electron chi connectivity index (χ0n) is 22.6. The van der Waals surface area contributed by atoms with Crippen LogP contribution in [0.4, 0.5) is 16.0 Å². The molecule has 2 N–H and O–H groups in total. The third-order valence-corrected chi connectivity index (χ3v) is 7.24. The Balaban J connectivity index is 1.54. The van der Waals surface area contributed by atoms with Gasteiger partial charge >= 0.3 is 0 Å². The standard InChI is InChI=1S/C30H29BrFN5O3/c1-5-39-25-14-21(13-22(31)28(25)40-15-20-8-6-7-9-23(20)32)27-26(19(4)35-30-33-16-34-37(27)30)29(38)36-24-11-10-17(2)12-18(24)3/h6-14,16,27H,5,15H2,1-4H3,(H,36,38)(H,33,34,35). The summed E-state index contributed by atoms with van der Waals surface area (Å²) in [4.78, 5) is 18.1. The first-order valence-corrected chi connectivity index (χ1v) is 13.6. The summed E-state index contributed by atoms with van der Waals surface area (Å²) in [5.74, 6) is 0.789. The highest BCUT2D eigenvalue weighted by molar-refractivity contribution is 9.10. The van der Waals surface area contributed by atoms with Crippen molar-refractivity contribution in [2.24, 2.45) is 0 Å². The number of hydrogen-bond donors (Lipinski definition) is 2. The lowest BCUT2D eigenvalue weighted by Gasteiger charge is -2.29. The summed E-state index contributed by atoms with van der Waals surface area (Å²) in [5.41, 5.74) is 5.09.